The van der Waals surface area contributed by atoms with Crippen molar-refractivity contribution in [3.63, 3.8) is 0 Å². The van der Waals surface area contributed by atoms with Crippen molar-refractivity contribution >= 4 is 17.4 Å². The molecule has 2 rings (SSSR count). The van der Waals surface area contributed by atoms with Crippen LogP contribution in [0.5, 0.6) is 5.75 Å². The van der Waals surface area contributed by atoms with Crippen LogP contribution in [0.4, 0.5) is 0 Å². The highest BCUT2D eigenvalue weighted by Gasteiger charge is 2.38. The zero-order valence-electron chi connectivity index (χ0n) is 14.3. The molecule has 1 aromatic carbocycles. The number of aliphatic hydroxyl groups is 1. The molecule has 2 nitrogen and oxygen atoms in total. The minimum Gasteiger partial charge on any atom is -0.506 e. The third kappa shape index (κ3) is 3.12. The van der Waals surface area contributed by atoms with E-state index in [1.165, 1.54) is 16.7 Å². The molecule has 0 unspecified atom stereocenters. The van der Waals surface area contributed by atoms with Gasteiger partial charge in [0.1, 0.15) is 11.5 Å². The molecule has 1 aliphatic rings. The Bertz CT molecular complexity index is 585. The molecule has 0 atom stereocenters. The molecule has 0 heterocycles. The Hall–Kier alpha value is -1.15. The summed E-state index contributed by atoms with van der Waals surface area (Å²) in [6.07, 6.45) is 3.21. The number of aliphatic hydroxyl groups excluding tert-OH is 1. The lowest BCUT2D eigenvalue weighted by Gasteiger charge is -2.42. The first-order valence-electron chi connectivity index (χ1n) is 8.04. The van der Waals surface area contributed by atoms with E-state index in [4.69, 9.17) is 16.3 Å². The highest BCUT2D eigenvalue weighted by molar-refractivity contribution is 6.27. The lowest BCUT2D eigenvalue weighted by Crippen LogP contribution is -2.34. The Morgan fingerprint density at radius 2 is 1.73 bits per heavy atom. The van der Waals surface area contributed by atoms with Crippen molar-refractivity contribution in [2.45, 2.75) is 64.7 Å². The van der Waals surface area contributed by atoms with Crippen LogP contribution in [-0.2, 0) is 10.8 Å². The predicted octanol–water partition coefficient (Wildman–Crippen LogP) is 5.92. The van der Waals surface area contributed by atoms with Gasteiger partial charge >= 0.3 is 0 Å². The number of rotatable bonds is 4. The Morgan fingerprint density at radius 1 is 1.18 bits per heavy atom. The third-order valence-electron chi connectivity index (χ3n) is 4.79. The zero-order chi connectivity index (χ0) is 16.5. The summed E-state index contributed by atoms with van der Waals surface area (Å²) < 4.78 is 5.88. The maximum atomic E-state index is 10.2. The SMILES string of the molecule is CCCOc1cc2c(cc1C(O)=CCl)C(C)(C)CCC2(C)C. The van der Waals surface area contributed by atoms with Crippen LogP contribution < -0.4 is 4.74 Å². The van der Waals surface area contributed by atoms with Gasteiger partial charge in [0, 0.05) is 5.54 Å². The van der Waals surface area contributed by atoms with Crippen molar-refractivity contribution in [1.82, 2.24) is 0 Å². The maximum Gasteiger partial charge on any atom is 0.137 e. The van der Waals surface area contributed by atoms with E-state index in [2.05, 4.69) is 46.8 Å². The zero-order valence-corrected chi connectivity index (χ0v) is 15.0. The van der Waals surface area contributed by atoms with E-state index in [1.807, 2.05) is 0 Å². The van der Waals surface area contributed by atoms with E-state index in [1.54, 1.807) is 0 Å². The number of benzene rings is 1. The summed E-state index contributed by atoms with van der Waals surface area (Å²) in [5.41, 5.74) is 4.71. The molecule has 0 bridgehead atoms. The molecule has 1 aromatic rings. The fourth-order valence-electron chi connectivity index (χ4n) is 3.18. The lowest BCUT2D eigenvalue weighted by molar-refractivity contribution is 0.305. The van der Waals surface area contributed by atoms with Crippen LogP contribution >= 0.6 is 11.6 Å². The molecule has 122 valence electrons. The van der Waals surface area contributed by atoms with Gasteiger partial charge in [0.25, 0.3) is 0 Å². The van der Waals surface area contributed by atoms with E-state index in [-0.39, 0.29) is 16.6 Å². The van der Waals surface area contributed by atoms with Gasteiger partial charge in [-0.25, -0.2) is 0 Å². The molecule has 0 amide bonds. The number of ether oxygens (including phenoxy) is 1. The number of fused-ring (bicyclic) bond motifs is 1. The summed E-state index contributed by atoms with van der Waals surface area (Å²) in [6.45, 7) is 11.8. The Balaban J connectivity index is 2.66. The van der Waals surface area contributed by atoms with E-state index in [9.17, 15) is 5.11 Å². The van der Waals surface area contributed by atoms with Gasteiger partial charge in [-0.1, -0.05) is 46.2 Å². The molecular weight excluding hydrogens is 296 g/mol. The van der Waals surface area contributed by atoms with E-state index >= 15 is 0 Å². The van der Waals surface area contributed by atoms with Crippen LogP contribution in [0.3, 0.4) is 0 Å². The largest absolute Gasteiger partial charge is 0.506 e. The Kier molecular flexibility index (Phi) is 4.81. The molecule has 0 saturated heterocycles. The minimum absolute atomic E-state index is 0.0646. The molecule has 0 spiro atoms. The average molecular weight is 323 g/mol. The summed E-state index contributed by atoms with van der Waals surface area (Å²) in [5.74, 6) is 0.788. The second-order valence-electron chi connectivity index (χ2n) is 7.50. The topological polar surface area (TPSA) is 29.5 Å². The molecule has 0 aromatic heterocycles. The van der Waals surface area contributed by atoms with Crippen LogP contribution in [0.1, 0.15) is 70.6 Å². The molecule has 3 heteroatoms. The third-order valence-corrected chi connectivity index (χ3v) is 5.00. The van der Waals surface area contributed by atoms with Crippen molar-refractivity contribution in [1.29, 1.82) is 0 Å². The smallest absolute Gasteiger partial charge is 0.137 e. The van der Waals surface area contributed by atoms with Crippen molar-refractivity contribution < 1.29 is 9.84 Å². The van der Waals surface area contributed by atoms with Crippen molar-refractivity contribution in [2.24, 2.45) is 0 Å². The fraction of sp³-hybridized carbons (Fsp3) is 0.579. The van der Waals surface area contributed by atoms with Crippen LogP contribution in [0.25, 0.3) is 5.76 Å². The van der Waals surface area contributed by atoms with E-state index < -0.39 is 0 Å². The highest BCUT2D eigenvalue weighted by Crippen LogP contribution is 2.48. The summed E-state index contributed by atoms with van der Waals surface area (Å²) in [6, 6.07) is 4.17. The molecule has 0 radical (unpaired) electrons. The Morgan fingerprint density at radius 3 is 2.23 bits per heavy atom. The van der Waals surface area contributed by atoms with Gasteiger partial charge in [0.05, 0.1) is 12.2 Å². The summed E-state index contributed by atoms with van der Waals surface area (Å²) in [7, 11) is 0. The molecule has 0 fully saturated rings. The molecule has 1 N–H and O–H groups in total. The van der Waals surface area contributed by atoms with Gasteiger partial charge in [0.2, 0.25) is 0 Å². The van der Waals surface area contributed by atoms with Crippen molar-refractivity contribution in [3.05, 3.63) is 34.4 Å². The first kappa shape index (κ1) is 17.2. The average Bonchev–Trinajstić information content (AvgIpc) is 2.48. The van der Waals surface area contributed by atoms with E-state index in [0.717, 1.165) is 25.0 Å². The Labute approximate surface area is 139 Å². The monoisotopic (exact) mass is 322 g/mol. The van der Waals surface area contributed by atoms with Gasteiger partial charge in [-0.05, 0) is 53.4 Å². The highest BCUT2D eigenvalue weighted by atomic mass is 35.5. The predicted molar refractivity (Wildman–Crippen MR) is 94.0 cm³/mol. The summed E-state index contributed by atoms with van der Waals surface area (Å²) in [5, 5.41) is 10.2. The van der Waals surface area contributed by atoms with Crippen molar-refractivity contribution in [2.75, 3.05) is 6.61 Å². The minimum atomic E-state index is 0.0646. The normalized spacial score (nSPS) is 19.6. The van der Waals surface area contributed by atoms with Crippen molar-refractivity contribution in [3.8, 4) is 5.75 Å². The lowest BCUT2D eigenvalue weighted by atomic mass is 9.63. The molecule has 1 aliphatic carbocycles. The van der Waals surface area contributed by atoms with Gasteiger partial charge in [-0.15, -0.1) is 0 Å². The van der Waals surface area contributed by atoms with Gasteiger partial charge in [-0.2, -0.15) is 0 Å². The van der Waals surface area contributed by atoms with Gasteiger partial charge < -0.3 is 9.84 Å². The van der Waals surface area contributed by atoms with Crippen LogP contribution in [0.2, 0.25) is 0 Å². The molecule has 0 aliphatic heterocycles. The van der Waals surface area contributed by atoms with Gasteiger partial charge in [0.15, 0.2) is 0 Å². The van der Waals surface area contributed by atoms with Gasteiger partial charge in [-0.3, -0.25) is 0 Å². The number of halogens is 1. The van der Waals surface area contributed by atoms with Crippen LogP contribution in [0.15, 0.2) is 17.7 Å². The van der Waals surface area contributed by atoms with E-state index in [0.29, 0.717) is 12.2 Å². The quantitative estimate of drug-likeness (QED) is 0.697. The second-order valence-corrected chi connectivity index (χ2v) is 7.72. The fourth-order valence-corrected chi connectivity index (χ4v) is 3.30. The first-order valence-corrected chi connectivity index (χ1v) is 8.48. The standard InChI is InChI=1S/C19H27ClO2/c1-6-9-22-17-11-15-14(10-13(17)16(21)12-20)18(2,3)7-8-19(15,4)5/h10-12,21H,6-9H2,1-5H3. The molecular formula is C19H27ClO2. The first-order chi connectivity index (χ1) is 10.2. The second kappa shape index (κ2) is 6.16. The maximum absolute atomic E-state index is 10.2. The number of hydrogen-bond acceptors (Lipinski definition) is 2. The molecule has 22 heavy (non-hydrogen) atoms. The number of hydrogen-bond donors (Lipinski definition) is 1. The van der Waals surface area contributed by atoms with Crippen LogP contribution in [-0.4, -0.2) is 11.7 Å². The summed E-state index contributed by atoms with van der Waals surface area (Å²) in [4.78, 5) is 0. The summed E-state index contributed by atoms with van der Waals surface area (Å²) >= 11 is 5.74. The van der Waals surface area contributed by atoms with Crippen LogP contribution in [0, 0.1) is 0 Å². The molecule has 0 saturated carbocycles.